The van der Waals surface area contributed by atoms with Gasteiger partial charge in [0.15, 0.2) is 11.5 Å². The monoisotopic (exact) mass is 503 g/mol. The van der Waals surface area contributed by atoms with Gasteiger partial charge in [-0.05, 0) is 70.8 Å². The first-order valence-electron chi connectivity index (χ1n) is 12.8. The summed E-state index contributed by atoms with van der Waals surface area (Å²) in [6.45, 7) is 6.74. The van der Waals surface area contributed by atoms with Crippen LogP contribution in [0.3, 0.4) is 0 Å². The fraction of sp³-hybridized carbons (Fsp3) is 0.419. The van der Waals surface area contributed by atoms with Crippen LogP contribution in [0.25, 0.3) is 21.9 Å². The molecule has 0 bridgehead atoms. The number of fused-ring (bicyclic) bond motifs is 1. The normalized spacial score (nSPS) is 18.4. The third-order valence-electron chi connectivity index (χ3n) is 7.64. The average Bonchev–Trinajstić information content (AvgIpc) is 3.22. The van der Waals surface area contributed by atoms with E-state index in [4.69, 9.17) is 14.2 Å². The number of hydrogen-bond donors (Lipinski definition) is 1. The lowest BCUT2D eigenvalue weighted by atomic mass is 9.81. The third kappa shape index (κ3) is 5.43. The van der Waals surface area contributed by atoms with Crippen molar-refractivity contribution in [3.8, 4) is 28.4 Å². The number of carbonyl (C=O) groups excluding carboxylic acids is 2. The number of methoxy groups -OCH3 is 3. The van der Waals surface area contributed by atoms with Crippen molar-refractivity contribution in [2.24, 2.45) is 17.3 Å². The first-order chi connectivity index (χ1) is 17.7. The van der Waals surface area contributed by atoms with Crippen LogP contribution in [-0.4, -0.2) is 39.6 Å². The summed E-state index contributed by atoms with van der Waals surface area (Å²) in [5.74, 6) is 1.86. The van der Waals surface area contributed by atoms with Crippen LogP contribution < -0.4 is 19.5 Å². The molecular weight excluding hydrogens is 466 g/mol. The van der Waals surface area contributed by atoms with Crippen LogP contribution in [0, 0.1) is 17.3 Å². The van der Waals surface area contributed by atoms with Crippen LogP contribution >= 0.6 is 0 Å². The topological polar surface area (TPSA) is 73.9 Å². The highest BCUT2D eigenvalue weighted by Gasteiger charge is 2.46. The molecular formula is C31H37NO5. The van der Waals surface area contributed by atoms with Gasteiger partial charge in [-0.3, -0.25) is 9.59 Å². The molecule has 1 aliphatic carbocycles. The SMILES string of the molecule is CCNC(=O)C1CC(C(=O)Cc2ccc3cc(-c4cc(OC)c(OC)c(OC)c4)ccc3c2)CC1(C)C. The van der Waals surface area contributed by atoms with Crippen molar-refractivity contribution < 1.29 is 23.8 Å². The van der Waals surface area contributed by atoms with E-state index in [-0.39, 0.29) is 28.9 Å². The fourth-order valence-corrected chi connectivity index (χ4v) is 5.65. The lowest BCUT2D eigenvalue weighted by Gasteiger charge is -2.25. The van der Waals surface area contributed by atoms with Gasteiger partial charge < -0.3 is 19.5 Å². The molecule has 6 nitrogen and oxygen atoms in total. The van der Waals surface area contributed by atoms with Gasteiger partial charge in [-0.15, -0.1) is 0 Å². The van der Waals surface area contributed by atoms with Crippen molar-refractivity contribution in [3.63, 3.8) is 0 Å². The smallest absolute Gasteiger partial charge is 0.223 e. The molecule has 1 fully saturated rings. The molecule has 1 N–H and O–H groups in total. The zero-order chi connectivity index (χ0) is 26.7. The standard InChI is InChI=1S/C31H37NO5/c1-7-32-30(34)25-15-24(18-31(25,2)3)26(33)13-19-8-9-21-14-22(11-10-20(21)12-19)23-16-27(35-4)29(37-6)28(17-23)36-5/h8-12,14,16-17,24-25H,7,13,15,18H2,1-6H3,(H,32,34). The minimum Gasteiger partial charge on any atom is -0.493 e. The Balaban J connectivity index is 1.53. The second-order valence-corrected chi connectivity index (χ2v) is 10.5. The Hall–Kier alpha value is -3.54. The first-order valence-corrected chi connectivity index (χ1v) is 12.8. The Bertz CT molecular complexity index is 1290. The predicted molar refractivity (Wildman–Crippen MR) is 146 cm³/mol. The van der Waals surface area contributed by atoms with E-state index in [0.29, 0.717) is 36.6 Å². The number of Topliss-reactive ketones (excluding diaryl/α,β-unsaturated/α-hetero) is 1. The Kier molecular flexibility index (Phi) is 7.76. The van der Waals surface area contributed by atoms with Gasteiger partial charge in [-0.25, -0.2) is 0 Å². The Morgan fingerprint density at radius 2 is 1.54 bits per heavy atom. The number of rotatable bonds is 9. The summed E-state index contributed by atoms with van der Waals surface area (Å²) in [4.78, 5) is 25.7. The molecule has 1 amide bonds. The number of hydrogen-bond acceptors (Lipinski definition) is 5. The zero-order valence-electron chi connectivity index (χ0n) is 22.6. The number of benzene rings is 3. The summed E-state index contributed by atoms with van der Waals surface area (Å²) in [5, 5.41) is 5.10. The van der Waals surface area contributed by atoms with Crippen LogP contribution in [0.2, 0.25) is 0 Å². The van der Waals surface area contributed by atoms with Crippen LogP contribution in [0.1, 0.15) is 39.2 Å². The minimum atomic E-state index is -0.174. The summed E-state index contributed by atoms with van der Waals surface area (Å²) < 4.78 is 16.5. The number of carbonyl (C=O) groups is 2. The van der Waals surface area contributed by atoms with Crippen molar-refractivity contribution in [1.29, 1.82) is 0 Å². The van der Waals surface area contributed by atoms with E-state index >= 15 is 0 Å². The Morgan fingerprint density at radius 1 is 0.892 bits per heavy atom. The fourth-order valence-electron chi connectivity index (χ4n) is 5.65. The molecule has 196 valence electrons. The first kappa shape index (κ1) is 26.5. The van der Waals surface area contributed by atoms with Crippen molar-refractivity contribution in [3.05, 3.63) is 54.1 Å². The quantitative estimate of drug-likeness (QED) is 0.398. The summed E-state index contributed by atoms with van der Waals surface area (Å²) in [7, 11) is 4.81. The number of ketones is 1. The largest absolute Gasteiger partial charge is 0.493 e. The molecule has 3 aromatic rings. The van der Waals surface area contributed by atoms with Crippen molar-refractivity contribution in [1.82, 2.24) is 5.32 Å². The van der Waals surface area contributed by atoms with E-state index in [1.807, 2.05) is 25.1 Å². The number of ether oxygens (including phenoxy) is 3. The molecule has 0 saturated heterocycles. The molecule has 2 atom stereocenters. The van der Waals surface area contributed by atoms with Gasteiger partial charge in [0.25, 0.3) is 0 Å². The Labute approximate surface area is 219 Å². The molecule has 0 radical (unpaired) electrons. The average molecular weight is 504 g/mol. The number of amides is 1. The van der Waals surface area contributed by atoms with E-state index in [2.05, 4.69) is 49.5 Å². The van der Waals surface area contributed by atoms with Gasteiger partial charge in [0, 0.05) is 24.8 Å². The molecule has 0 heterocycles. The van der Waals surface area contributed by atoms with Crippen LogP contribution in [-0.2, 0) is 16.0 Å². The summed E-state index contributed by atoms with van der Waals surface area (Å²) in [6, 6.07) is 16.3. The van der Waals surface area contributed by atoms with Gasteiger partial charge in [0.2, 0.25) is 11.7 Å². The van der Waals surface area contributed by atoms with Gasteiger partial charge in [0.1, 0.15) is 5.78 Å². The van der Waals surface area contributed by atoms with Crippen LogP contribution in [0.15, 0.2) is 48.5 Å². The maximum absolute atomic E-state index is 13.2. The second-order valence-electron chi connectivity index (χ2n) is 10.5. The van der Waals surface area contributed by atoms with Crippen LogP contribution in [0.5, 0.6) is 17.2 Å². The summed E-state index contributed by atoms with van der Waals surface area (Å²) >= 11 is 0. The molecule has 0 spiro atoms. The van der Waals surface area contributed by atoms with Gasteiger partial charge in [0.05, 0.1) is 21.3 Å². The molecule has 6 heteroatoms. The highest BCUT2D eigenvalue weighted by molar-refractivity contribution is 5.91. The second kappa shape index (κ2) is 10.8. The lowest BCUT2D eigenvalue weighted by molar-refractivity contribution is -0.127. The van der Waals surface area contributed by atoms with Gasteiger partial charge >= 0.3 is 0 Å². The molecule has 2 unspecified atom stereocenters. The minimum absolute atomic E-state index is 0.0661. The molecule has 4 rings (SSSR count). The Morgan fingerprint density at radius 3 is 2.16 bits per heavy atom. The van der Waals surface area contributed by atoms with Gasteiger partial charge in [-0.1, -0.05) is 44.2 Å². The van der Waals surface area contributed by atoms with Crippen molar-refractivity contribution >= 4 is 22.5 Å². The summed E-state index contributed by atoms with van der Waals surface area (Å²) in [6.07, 6.45) is 1.76. The van der Waals surface area contributed by atoms with Gasteiger partial charge in [-0.2, -0.15) is 0 Å². The molecule has 3 aromatic carbocycles. The van der Waals surface area contributed by atoms with E-state index in [0.717, 1.165) is 33.9 Å². The van der Waals surface area contributed by atoms with Crippen molar-refractivity contribution in [2.45, 2.75) is 40.0 Å². The van der Waals surface area contributed by atoms with E-state index in [9.17, 15) is 9.59 Å². The van der Waals surface area contributed by atoms with E-state index < -0.39 is 0 Å². The molecule has 1 aliphatic rings. The molecule has 0 aromatic heterocycles. The maximum atomic E-state index is 13.2. The maximum Gasteiger partial charge on any atom is 0.223 e. The predicted octanol–water partition coefficient (Wildman–Crippen LogP) is 5.83. The molecule has 1 saturated carbocycles. The molecule has 37 heavy (non-hydrogen) atoms. The van der Waals surface area contributed by atoms with Crippen molar-refractivity contribution in [2.75, 3.05) is 27.9 Å². The summed E-state index contributed by atoms with van der Waals surface area (Å²) in [5.41, 5.74) is 2.81. The number of nitrogens with one attached hydrogen (secondary N) is 1. The highest BCUT2D eigenvalue weighted by atomic mass is 16.5. The van der Waals surface area contributed by atoms with E-state index in [1.165, 1.54) is 0 Å². The zero-order valence-corrected chi connectivity index (χ0v) is 22.6. The van der Waals surface area contributed by atoms with E-state index in [1.54, 1.807) is 21.3 Å². The highest BCUT2D eigenvalue weighted by Crippen LogP contribution is 2.47. The van der Waals surface area contributed by atoms with Crippen LogP contribution in [0.4, 0.5) is 0 Å². The third-order valence-corrected chi connectivity index (χ3v) is 7.64. The lowest BCUT2D eigenvalue weighted by Crippen LogP contribution is -2.35. The molecule has 0 aliphatic heterocycles.